The van der Waals surface area contributed by atoms with Crippen LogP contribution in [0.25, 0.3) is 0 Å². The molecule has 2 atom stereocenters. The summed E-state index contributed by atoms with van der Waals surface area (Å²) in [6.45, 7) is 0. The number of phenols is 1. The van der Waals surface area contributed by atoms with Crippen molar-refractivity contribution in [1.82, 2.24) is 0 Å². The summed E-state index contributed by atoms with van der Waals surface area (Å²) in [6.07, 6.45) is -2.23. The maximum absolute atomic E-state index is 12.6. The average molecular weight is 316 g/mol. The first-order chi connectivity index (χ1) is 11.1. The zero-order valence-corrected chi connectivity index (χ0v) is 12.6. The van der Waals surface area contributed by atoms with Crippen molar-refractivity contribution >= 4 is 5.78 Å². The van der Waals surface area contributed by atoms with Gasteiger partial charge < -0.3 is 24.4 Å². The number of methoxy groups -OCH3 is 2. The van der Waals surface area contributed by atoms with Crippen LogP contribution in [0.1, 0.15) is 22.0 Å². The van der Waals surface area contributed by atoms with E-state index >= 15 is 0 Å². The molecule has 3 rings (SSSR count). The summed E-state index contributed by atoms with van der Waals surface area (Å²) in [6, 6.07) is 10.2. The number of fused-ring (bicyclic) bond motifs is 1. The Bertz CT molecular complexity index is 740. The molecule has 23 heavy (non-hydrogen) atoms. The monoisotopic (exact) mass is 316 g/mol. The van der Waals surface area contributed by atoms with Gasteiger partial charge in [-0.2, -0.15) is 0 Å². The molecule has 0 amide bonds. The van der Waals surface area contributed by atoms with Crippen LogP contribution >= 0.6 is 0 Å². The molecule has 0 aliphatic carbocycles. The number of hydrogen-bond acceptors (Lipinski definition) is 6. The number of Topliss-reactive ketones (excluding diaryl/α,β-unsaturated/α-hetero) is 1. The number of rotatable bonds is 3. The van der Waals surface area contributed by atoms with Crippen LogP contribution in [-0.2, 0) is 0 Å². The van der Waals surface area contributed by atoms with Crippen molar-refractivity contribution in [2.45, 2.75) is 12.2 Å². The van der Waals surface area contributed by atoms with Crippen molar-refractivity contribution in [1.29, 1.82) is 0 Å². The lowest BCUT2D eigenvalue weighted by molar-refractivity contribution is 0.0209. The fourth-order valence-corrected chi connectivity index (χ4v) is 2.70. The number of ketones is 1. The van der Waals surface area contributed by atoms with Gasteiger partial charge in [-0.05, 0) is 5.56 Å². The molecule has 2 N–H and O–H groups in total. The molecular weight excluding hydrogens is 300 g/mol. The SMILES string of the molecule is COc1c(O)cc2c(c1OC)C(=O)C(O)C(c1ccccc1)O2. The van der Waals surface area contributed by atoms with Crippen LogP contribution in [0.15, 0.2) is 36.4 Å². The van der Waals surface area contributed by atoms with E-state index in [1.807, 2.05) is 6.07 Å². The molecule has 2 aromatic rings. The van der Waals surface area contributed by atoms with Crippen LogP contribution in [0.5, 0.6) is 23.0 Å². The third-order valence-corrected chi connectivity index (χ3v) is 3.77. The number of ether oxygens (including phenoxy) is 3. The van der Waals surface area contributed by atoms with Crippen molar-refractivity contribution in [2.24, 2.45) is 0 Å². The summed E-state index contributed by atoms with van der Waals surface area (Å²) in [5.74, 6) is -0.551. The Balaban J connectivity index is 2.14. The highest BCUT2D eigenvalue weighted by molar-refractivity contribution is 6.06. The minimum absolute atomic E-state index is 0.0218. The van der Waals surface area contributed by atoms with E-state index in [9.17, 15) is 15.0 Å². The van der Waals surface area contributed by atoms with Gasteiger partial charge >= 0.3 is 0 Å². The minimum Gasteiger partial charge on any atom is -0.504 e. The summed E-state index contributed by atoms with van der Waals surface area (Å²) >= 11 is 0. The maximum Gasteiger partial charge on any atom is 0.204 e. The highest BCUT2D eigenvalue weighted by Gasteiger charge is 2.40. The average Bonchev–Trinajstić information content (AvgIpc) is 2.57. The Morgan fingerprint density at radius 1 is 1.09 bits per heavy atom. The standard InChI is InChI=1S/C17H16O6/c1-21-16-10(18)8-11-12(17(16)22-2)13(19)14(20)15(23-11)9-6-4-3-5-7-9/h3-8,14-15,18,20H,1-2H3. The first-order valence-corrected chi connectivity index (χ1v) is 7.00. The molecule has 1 heterocycles. The number of hydrogen-bond donors (Lipinski definition) is 2. The zero-order valence-electron chi connectivity index (χ0n) is 12.6. The van der Waals surface area contributed by atoms with Crippen molar-refractivity contribution in [3.8, 4) is 23.0 Å². The van der Waals surface area contributed by atoms with Crippen LogP contribution in [0.4, 0.5) is 0 Å². The lowest BCUT2D eigenvalue weighted by atomic mass is 9.92. The second-order valence-corrected chi connectivity index (χ2v) is 5.09. The van der Waals surface area contributed by atoms with Crippen LogP contribution in [0, 0.1) is 0 Å². The molecular formula is C17H16O6. The molecule has 2 unspecified atom stereocenters. The van der Waals surface area contributed by atoms with E-state index in [1.165, 1.54) is 20.3 Å². The second-order valence-electron chi connectivity index (χ2n) is 5.09. The summed E-state index contributed by atoms with van der Waals surface area (Å²) in [7, 11) is 2.70. The highest BCUT2D eigenvalue weighted by atomic mass is 16.5. The number of carbonyl (C=O) groups is 1. The first-order valence-electron chi connectivity index (χ1n) is 7.00. The van der Waals surface area contributed by atoms with Gasteiger partial charge in [-0.25, -0.2) is 0 Å². The van der Waals surface area contributed by atoms with Crippen LogP contribution in [0.3, 0.4) is 0 Å². The number of aliphatic hydroxyl groups excluding tert-OH is 1. The second kappa shape index (κ2) is 5.81. The first kappa shape index (κ1) is 15.2. The number of benzene rings is 2. The molecule has 0 aromatic heterocycles. The number of phenolic OH excluding ortho intramolecular Hbond substituents is 1. The van der Waals surface area contributed by atoms with Gasteiger partial charge in [0.05, 0.1) is 14.2 Å². The van der Waals surface area contributed by atoms with Crippen LogP contribution in [0.2, 0.25) is 0 Å². The minimum atomic E-state index is -1.38. The maximum atomic E-state index is 12.6. The predicted octanol–water partition coefficient (Wildman–Crippen LogP) is 2.09. The summed E-state index contributed by atoms with van der Waals surface area (Å²) in [5, 5.41) is 20.4. The molecule has 0 fully saturated rings. The Labute approximate surface area is 132 Å². The van der Waals surface area contributed by atoms with Gasteiger partial charge in [-0.15, -0.1) is 0 Å². The topological polar surface area (TPSA) is 85.2 Å². The molecule has 6 heteroatoms. The van der Waals surface area contributed by atoms with Gasteiger partial charge in [0.15, 0.2) is 23.7 Å². The molecule has 120 valence electrons. The Morgan fingerprint density at radius 3 is 2.35 bits per heavy atom. The largest absolute Gasteiger partial charge is 0.504 e. The van der Waals surface area contributed by atoms with Gasteiger partial charge in [0.25, 0.3) is 0 Å². The third-order valence-electron chi connectivity index (χ3n) is 3.77. The van der Waals surface area contributed by atoms with E-state index in [2.05, 4.69) is 0 Å². The molecule has 0 saturated heterocycles. The lowest BCUT2D eigenvalue weighted by Gasteiger charge is -2.31. The number of aromatic hydroxyl groups is 1. The van der Waals surface area contributed by atoms with E-state index < -0.39 is 18.0 Å². The van der Waals surface area contributed by atoms with E-state index in [4.69, 9.17) is 14.2 Å². The van der Waals surface area contributed by atoms with Gasteiger partial charge in [0, 0.05) is 6.07 Å². The molecule has 0 spiro atoms. The fourth-order valence-electron chi connectivity index (χ4n) is 2.70. The lowest BCUT2D eigenvalue weighted by Crippen LogP contribution is -2.36. The Morgan fingerprint density at radius 2 is 1.74 bits per heavy atom. The highest BCUT2D eigenvalue weighted by Crippen LogP contribution is 2.48. The fraction of sp³-hybridized carbons (Fsp3) is 0.235. The zero-order chi connectivity index (χ0) is 16.6. The van der Waals surface area contributed by atoms with Crippen molar-refractivity contribution in [3.05, 3.63) is 47.5 Å². The molecule has 1 aliphatic rings. The van der Waals surface area contributed by atoms with Gasteiger partial charge in [0.2, 0.25) is 11.5 Å². The van der Waals surface area contributed by atoms with E-state index in [1.54, 1.807) is 24.3 Å². The van der Waals surface area contributed by atoms with Gasteiger partial charge in [0.1, 0.15) is 11.3 Å². The van der Waals surface area contributed by atoms with E-state index in [0.29, 0.717) is 5.56 Å². The molecule has 0 saturated carbocycles. The number of aliphatic hydroxyl groups is 1. The number of carbonyl (C=O) groups excluding carboxylic acids is 1. The Hall–Kier alpha value is -2.73. The van der Waals surface area contributed by atoms with Gasteiger partial charge in [-0.1, -0.05) is 30.3 Å². The molecule has 1 aliphatic heterocycles. The summed E-state index contributed by atoms with van der Waals surface area (Å²) in [5.41, 5.74) is 0.718. The summed E-state index contributed by atoms with van der Waals surface area (Å²) in [4.78, 5) is 12.6. The smallest absolute Gasteiger partial charge is 0.204 e. The quantitative estimate of drug-likeness (QED) is 0.902. The Kier molecular flexibility index (Phi) is 3.83. The molecule has 2 aromatic carbocycles. The van der Waals surface area contributed by atoms with Gasteiger partial charge in [-0.3, -0.25) is 4.79 Å². The van der Waals surface area contributed by atoms with Crippen LogP contribution in [-0.4, -0.2) is 36.3 Å². The van der Waals surface area contributed by atoms with Crippen molar-refractivity contribution in [3.63, 3.8) is 0 Å². The molecule has 0 radical (unpaired) electrons. The van der Waals surface area contributed by atoms with Crippen molar-refractivity contribution in [2.75, 3.05) is 14.2 Å². The van der Waals surface area contributed by atoms with Crippen LogP contribution < -0.4 is 14.2 Å². The molecule has 0 bridgehead atoms. The van der Waals surface area contributed by atoms with E-state index in [-0.39, 0.29) is 28.6 Å². The van der Waals surface area contributed by atoms with E-state index in [0.717, 1.165) is 0 Å². The van der Waals surface area contributed by atoms with Crippen molar-refractivity contribution < 1.29 is 29.2 Å². The predicted molar refractivity (Wildman–Crippen MR) is 81.4 cm³/mol. The third kappa shape index (κ3) is 2.37. The normalized spacial score (nSPS) is 19.7. The summed E-state index contributed by atoms with van der Waals surface area (Å²) < 4.78 is 16.0. The molecule has 6 nitrogen and oxygen atoms in total.